The molecule has 7 nitrogen and oxygen atoms in total. The summed E-state index contributed by atoms with van der Waals surface area (Å²) in [4.78, 5) is 17.3. The number of benzene rings is 1. The summed E-state index contributed by atoms with van der Waals surface area (Å²) in [6, 6.07) is 4.23. The third-order valence-electron chi connectivity index (χ3n) is 5.10. The summed E-state index contributed by atoms with van der Waals surface area (Å²) in [7, 11) is -4.01. The topological polar surface area (TPSA) is 114 Å². The molecule has 0 amide bonds. The largest absolute Gasteiger partial charge is 0.390 e. The van der Waals surface area contributed by atoms with Gasteiger partial charge in [-0.05, 0) is 37.8 Å². The Morgan fingerprint density at radius 2 is 1.73 bits per heavy atom. The van der Waals surface area contributed by atoms with Gasteiger partial charge >= 0.3 is 6.18 Å². The second kappa shape index (κ2) is 10.3. The molecule has 1 aliphatic carbocycles. The lowest BCUT2D eigenvalue weighted by Crippen LogP contribution is -2.41. The molecule has 0 unspecified atom stereocenters. The Balaban J connectivity index is 1.57. The summed E-state index contributed by atoms with van der Waals surface area (Å²) in [5.74, 6) is -1.39. The summed E-state index contributed by atoms with van der Waals surface area (Å²) < 4.78 is 63.0. The van der Waals surface area contributed by atoms with E-state index < -0.39 is 40.2 Å². The fourth-order valence-corrected chi connectivity index (χ4v) is 6.32. The number of anilines is 2. The van der Waals surface area contributed by atoms with Crippen LogP contribution < -0.4 is 15.8 Å². The maximum Gasteiger partial charge on any atom is 0.390 e. The van der Waals surface area contributed by atoms with Gasteiger partial charge in [-0.15, -0.1) is 0 Å². The van der Waals surface area contributed by atoms with Gasteiger partial charge in [0.05, 0.1) is 27.8 Å². The van der Waals surface area contributed by atoms with Crippen molar-refractivity contribution in [3.8, 4) is 0 Å². The number of sulfonamides is 1. The highest BCUT2D eigenvalue weighted by Crippen LogP contribution is 2.34. The molecule has 14 heteroatoms. The van der Waals surface area contributed by atoms with Gasteiger partial charge in [-0.3, -0.25) is 4.79 Å². The van der Waals surface area contributed by atoms with E-state index in [-0.39, 0.29) is 32.3 Å². The molecule has 1 aromatic carbocycles. The lowest BCUT2D eigenvalue weighted by atomic mass is 9.92. The van der Waals surface area contributed by atoms with E-state index in [1.807, 2.05) is 0 Å². The van der Waals surface area contributed by atoms with Crippen molar-refractivity contribution in [3.05, 3.63) is 38.7 Å². The standard InChI is InChI=1S/C19H21Cl2F3N4O3S2/c20-12-2-1-3-13(21)14(12)15(29)16-17(25)27-18(32-16)26-10-4-6-11(7-5-10)28-33(30,31)9-8-19(22,23)24/h1-3,10-11,28H,4-9,25H2,(H,26,27). The highest BCUT2D eigenvalue weighted by molar-refractivity contribution is 7.89. The van der Waals surface area contributed by atoms with Crippen LogP contribution in [0.15, 0.2) is 18.2 Å². The Kier molecular flexibility index (Phi) is 8.15. The van der Waals surface area contributed by atoms with Gasteiger partial charge in [0.1, 0.15) is 10.7 Å². The predicted molar refractivity (Wildman–Crippen MR) is 124 cm³/mol. The average Bonchev–Trinajstić information content (AvgIpc) is 3.07. The monoisotopic (exact) mass is 544 g/mol. The van der Waals surface area contributed by atoms with Crippen molar-refractivity contribution in [2.24, 2.45) is 0 Å². The van der Waals surface area contributed by atoms with E-state index in [1.54, 1.807) is 18.2 Å². The van der Waals surface area contributed by atoms with Crippen LogP contribution in [0, 0.1) is 0 Å². The van der Waals surface area contributed by atoms with Crippen LogP contribution in [-0.2, 0) is 10.0 Å². The number of nitrogen functional groups attached to an aromatic ring is 1. The number of ketones is 1. The Morgan fingerprint density at radius 3 is 2.30 bits per heavy atom. The first-order valence-electron chi connectivity index (χ1n) is 9.93. The van der Waals surface area contributed by atoms with Gasteiger partial charge in [0.15, 0.2) is 5.13 Å². The molecule has 0 saturated heterocycles. The molecule has 1 aromatic heterocycles. The van der Waals surface area contributed by atoms with Crippen LogP contribution in [0.25, 0.3) is 0 Å². The van der Waals surface area contributed by atoms with Gasteiger partial charge < -0.3 is 11.1 Å². The normalized spacial score (nSPS) is 19.4. The van der Waals surface area contributed by atoms with E-state index >= 15 is 0 Å². The zero-order chi connectivity index (χ0) is 24.4. The molecule has 2 aromatic rings. The molecular formula is C19H21Cl2F3N4O3S2. The third kappa shape index (κ3) is 7.19. The second-order valence-electron chi connectivity index (χ2n) is 7.65. The molecule has 0 aliphatic heterocycles. The molecule has 1 saturated carbocycles. The smallest absolute Gasteiger partial charge is 0.382 e. The molecule has 0 spiro atoms. The first-order chi connectivity index (χ1) is 15.3. The Hall–Kier alpha value is -1.60. The quantitative estimate of drug-likeness (QED) is 0.409. The first-order valence-corrected chi connectivity index (χ1v) is 13.2. The first kappa shape index (κ1) is 26.0. The molecule has 0 atom stereocenters. The van der Waals surface area contributed by atoms with Crippen molar-refractivity contribution in [1.29, 1.82) is 0 Å². The fourth-order valence-electron chi connectivity index (χ4n) is 3.48. The van der Waals surface area contributed by atoms with Crippen LogP contribution in [0.3, 0.4) is 0 Å². The average molecular weight is 545 g/mol. The van der Waals surface area contributed by atoms with Crippen LogP contribution in [-0.4, -0.2) is 43.2 Å². The van der Waals surface area contributed by atoms with Crippen molar-refractivity contribution >= 4 is 61.3 Å². The molecule has 33 heavy (non-hydrogen) atoms. The maximum atomic E-state index is 12.9. The number of nitrogens with two attached hydrogens (primary N) is 1. The summed E-state index contributed by atoms with van der Waals surface area (Å²) in [5.41, 5.74) is 6.07. The van der Waals surface area contributed by atoms with E-state index in [4.69, 9.17) is 28.9 Å². The van der Waals surface area contributed by atoms with Gasteiger partial charge in [-0.25, -0.2) is 18.1 Å². The number of carbonyl (C=O) groups is 1. The van der Waals surface area contributed by atoms with E-state index in [2.05, 4.69) is 15.0 Å². The number of rotatable bonds is 8. The molecule has 0 radical (unpaired) electrons. The number of halogens is 5. The highest BCUT2D eigenvalue weighted by Gasteiger charge is 2.32. The number of hydrogen-bond donors (Lipinski definition) is 3. The number of alkyl halides is 3. The molecule has 3 rings (SSSR count). The number of thiazole rings is 1. The van der Waals surface area contributed by atoms with Gasteiger partial charge in [0.2, 0.25) is 15.8 Å². The van der Waals surface area contributed by atoms with Crippen LogP contribution in [0.4, 0.5) is 24.1 Å². The van der Waals surface area contributed by atoms with Crippen molar-refractivity contribution in [2.75, 3.05) is 16.8 Å². The summed E-state index contributed by atoms with van der Waals surface area (Å²) in [6.45, 7) is 0. The van der Waals surface area contributed by atoms with Crippen LogP contribution in [0.1, 0.15) is 47.3 Å². The molecule has 1 fully saturated rings. The summed E-state index contributed by atoms with van der Waals surface area (Å²) >= 11 is 13.3. The van der Waals surface area contributed by atoms with Crippen molar-refractivity contribution in [1.82, 2.24) is 9.71 Å². The minimum Gasteiger partial charge on any atom is -0.382 e. The van der Waals surface area contributed by atoms with Crippen LogP contribution in [0.5, 0.6) is 0 Å². The number of nitrogens with zero attached hydrogens (tertiary/aromatic N) is 1. The molecule has 1 aliphatic rings. The van der Waals surface area contributed by atoms with Crippen LogP contribution >= 0.6 is 34.5 Å². The summed E-state index contributed by atoms with van der Waals surface area (Å²) in [5, 5.41) is 4.01. The number of nitrogens with one attached hydrogen (secondary N) is 2. The van der Waals surface area contributed by atoms with Gasteiger partial charge in [0, 0.05) is 12.1 Å². The van der Waals surface area contributed by atoms with Gasteiger partial charge in [0.25, 0.3) is 0 Å². The van der Waals surface area contributed by atoms with Crippen LogP contribution in [0.2, 0.25) is 10.0 Å². The lowest BCUT2D eigenvalue weighted by molar-refractivity contribution is -0.130. The number of aromatic nitrogens is 1. The van der Waals surface area contributed by atoms with Crippen molar-refractivity contribution in [3.63, 3.8) is 0 Å². The van der Waals surface area contributed by atoms with Gasteiger partial charge in [-0.1, -0.05) is 40.6 Å². The number of hydrogen-bond acceptors (Lipinski definition) is 7. The van der Waals surface area contributed by atoms with E-state index in [1.165, 1.54) is 0 Å². The van der Waals surface area contributed by atoms with Crippen molar-refractivity contribution < 1.29 is 26.4 Å². The van der Waals surface area contributed by atoms with Gasteiger partial charge in [-0.2, -0.15) is 13.2 Å². The highest BCUT2D eigenvalue weighted by atomic mass is 35.5. The van der Waals surface area contributed by atoms with E-state index in [0.717, 1.165) is 11.3 Å². The SMILES string of the molecule is Nc1nc(NC2CCC(NS(=O)(=O)CCC(F)(F)F)CC2)sc1C(=O)c1c(Cl)cccc1Cl. The van der Waals surface area contributed by atoms with E-state index in [9.17, 15) is 26.4 Å². The molecule has 182 valence electrons. The fraction of sp³-hybridized carbons (Fsp3) is 0.474. The molecule has 4 N–H and O–H groups in total. The van der Waals surface area contributed by atoms with E-state index in [0.29, 0.717) is 30.8 Å². The zero-order valence-corrected chi connectivity index (χ0v) is 20.2. The summed E-state index contributed by atoms with van der Waals surface area (Å²) in [6.07, 6.45) is -3.89. The zero-order valence-electron chi connectivity index (χ0n) is 17.1. The second-order valence-corrected chi connectivity index (χ2v) is 11.3. The Labute approximate surface area is 202 Å². The molecule has 0 bridgehead atoms. The predicted octanol–water partition coefficient (Wildman–Crippen LogP) is 4.86. The minimum absolute atomic E-state index is 0.0367. The Bertz CT molecular complexity index is 1100. The maximum absolute atomic E-state index is 12.9. The Morgan fingerprint density at radius 1 is 1.15 bits per heavy atom. The minimum atomic E-state index is -4.52. The molecular weight excluding hydrogens is 524 g/mol. The lowest BCUT2D eigenvalue weighted by Gasteiger charge is -2.29. The number of carbonyl (C=O) groups excluding carboxylic acids is 1. The molecule has 1 heterocycles. The van der Waals surface area contributed by atoms with Crippen molar-refractivity contribution in [2.45, 2.75) is 50.4 Å². The third-order valence-corrected chi connectivity index (χ3v) is 8.17.